The maximum atomic E-state index is 10.8. The zero-order chi connectivity index (χ0) is 11.4. The first-order valence-electron chi connectivity index (χ1n) is 4.93. The SMILES string of the molecule is C=CCOCCOCCOC(=O)CCN. The van der Waals surface area contributed by atoms with Gasteiger partial charge in [0.2, 0.25) is 0 Å². The summed E-state index contributed by atoms with van der Waals surface area (Å²) in [5.74, 6) is -0.288. The van der Waals surface area contributed by atoms with Crippen molar-refractivity contribution >= 4 is 5.97 Å². The molecule has 0 aromatic heterocycles. The summed E-state index contributed by atoms with van der Waals surface area (Å²) < 4.78 is 15.0. The third kappa shape index (κ3) is 11.0. The predicted octanol–water partition coefficient (Wildman–Crippen LogP) is 0.0976. The van der Waals surface area contributed by atoms with Crippen molar-refractivity contribution in [3.63, 3.8) is 0 Å². The van der Waals surface area contributed by atoms with Gasteiger partial charge in [0, 0.05) is 6.54 Å². The number of carbonyl (C=O) groups is 1. The lowest BCUT2D eigenvalue weighted by molar-refractivity contribution is -0.145. The van der Waals surface area contributed by atoms with Crippen molar-refractivity contribution in [2.24, 2.45) is 5.73 Å². The van der Waals surface area contributed by atoms with Gasteiger partial charge in [0.1, 0.15) is 6.61 Å². The van der Waals surface area contributed by atoms with Crippen LogP contribution < -0.4 is 5.73 Å². The Kier molecular flexibility index (Phi) is 10.5. The number of esters is 1. The van der Waals surface area contributed by atoms with Gasteiger partial charge >= 0.3 is 5.97 Å². The average Bonchev–Trinajstić information content (AvgIpc) is 2.22. The van der Waals surface area contributed by atoms with Crippen molar-refractivity contribution in [2.75, 3.05) is 39.6 Å². The Balaban J connectivity index is 3.04. The molecule has 0 radical (unpaired) electrons. The third-order valence-electron chi connectivity index (χ3n) is 1.45. The number of nitrogens with two attached hydrogens (primary N) is 1. The minimum Gasteiger partial charge on any atom is -0.463 e. The topological polar surface area (TPSA) is 70.8 Å². The first kappa shape index (κ1) is 14.1. The standard InChI is InChI=1S/C10H19NO4/c1-2-5-13-6-7-14-8-9-15-10(12)3-4-11/h2H,1,3-9,11H2. The lowest BCUT2D eigenvalue weighted by Gasteiger charge is -2.05. The molecule has 88 valence electrons. The molecule has 0 unspecified atom stereocenters. The maximum absolute atomic E-state index is 10.8. The van der Waals surface area contributed by atoms with Gasteiger partial charge in [-0.2, -0.15) is 0 Å². The fourth-order valence-electron chi connectivity index (χ4n) is 0.791. The van der Waals surface area contributed by atoms with Gasteiger partial charge in [-0.15, -0.1) is 6.58 Å². The van der Waals surface area contributed by atoms with E-state index in [1.165, 1.54) is 0 Å². The molecular formula is C10H19NO4. The lowest BCUT2D eigenvalue weighted by Crippen LogP contribution is -2.15. The number of hydrogen-bond donors (Lipinski definition) is 1. The fraction of sp³-hybridized carbons (Fsp3) is 0.700. The minimum absolute atomic E-state index is 0.252. The van der Waals surface area contributed by atoms with Crippen LogP contribution in [0.2, 0.25) is 0 Å². The van der Waals surface area contributed by atoms with Crippen LogP contribution in [0.4, 0.5) is 0 Å². The normalized spacial score (nSPS) is 9.93. The summed E-state index contributed by atoms with van der Waals surface area (Å²) in [5.41, 5.74) is 5.17. The van der Waals surface area contributed by atoms with Gasteiger partial charge in [-0.1, -0.05) is 6.08 Å². The van der Waals surface area contributed by atoms with Crippen LogP contribution in [0.3, 0.4) is 0 Å². The molecule has 0 saturated heterocycles. The number of carbonyl (C=O) groups excluding carboxylic acids is 1. The molecule has 15 heavy (non-hydrogen) atoms. The molecular weight excluding hydrogens is 198 g/mol. The van der Waals surface area contributed by atoms with Crippen molar-refractivity contribution in [3.8, 4) is 0 Å². The van der Waals surface area contributed by atoms with E-state index in [1.54, 1.807) is 6.08 Å². The summed E-state index contributed by atoms with van der Waals surface area (Å²) in [7, 11) is 0. The molecule has 5 nitrogen and oxygen atoms in total. The van der Waals surface area contributed by atoms with Crippen molar-refractivity contribution in [3.05, 3.63) is 12.7 Å². The highest BCUT2D eigenvalue weighted by atomic mass is 16.6. The highest BCUT2D eigenvalue weighted by molar-refractivity contribution is 5.69. The second-order valence-electron chi connectivity index (χ2n) is 2.74. The van der Waals surface area contributed by atoms with Crippen molar-refractivity contribution in [1.82, 2.24) is 0 Å². The Hall–Kier alpha value is -0.910. The molecule has 0 atom stereocenters. The van der Waals surface area contributed by atoms with Crippen LogP contribution in [0.15, 0.2) is 12.7 Å². The highest BCUT2D eigenvalue weighted by Crippen LogP contribution is 1.85. The summed E-state index contributed by atoms with van der Waals surface area (Å²) in [4.78, 5) is 10.8. The van der Waals surface area contributed by atoms with Gasteiger partial charge in [0.15, 0.2) is 0 Å². The molecule has 0 aliphatic carbocycles. The number of ether oxygens (including phenoxy) is 3. The number of hydrogen-bond acceptors (Lipinski definition) is 5. The minimum atomic E-state index is -0.288. The Morgan fingerprint density at radius 1 is 1.20 bits per heavy atom. The molecule has 0 heterocycles. The van der Waals surface area contributed by atoms with Gasteiger partial charge in [-0.25, -0.2) is 0 Å². The van der Waals surface area contributed by atoms with Crippen LogP contribution in [0.5, 0.6) is 0 Å². The molecule has 0 spiro atoms. The largest absolute Gasteiger partial charge is 0.463 e. The van der Waals surface area contributed by atoms with E-state index in [4.69, 9.17) is 19.9 Å². The Morgan fingerprint density at radius 3 is 2.53 bits per heavy atom. The summed E-state index contributed by atoms with van der Waals surface area (Å²) in [5, 5.41) is 0. The molecule has 0 aliphatic rings. The first-order valence-corrected chi connectivity index (χ1v) is 4.93. The van der Waals surface area contributed by atoms with Crippen LogP contribution in [0, 0.1) is 0 Å². The van der Waals surface area contributed by atoms with Crippen LogP contribution in [-0.4, -0.2) is 45.5 Å². The lowest BCUT2D eigenvalue weighted by atomic mass is 10.4. The zero-order valence-corrected chi connectivity index (χ0v) is 8.94. The summed E-state index contributed by atoms with van der Waals surface area (Å²) in [6.07, 6.45) is 1.93. The van der Waals surface area contributed by atoms with Gasteiger partial charge in [0.25, 0.3) is 0 Å². The monoisotopic (exact) mass is 217 g/mol. The summed E-state index contributed by atoms with van der Waals surface area (Å²) in [6.45, 7) is 6.00. The Labute approximate surface area is 90.2 Å². The van der Waals surface area contributed by atoms with Gasteiger partial charge in [0.05, 0.1) is 32.8 Å². The predicted molar refractivity (Wildman–Crippen MR) is 56.5 cm³/mol. The molecule has 0 bridgehead atoms. The molecule has 0 amide bonds. The van der Waals surface area contributed by atoms with Crippen molar-refractivity contribution in [1.29, 1.82) is 0 Å². The quantitative estimate of drug-likeness (QED) is 0.319. The summed E-state index contributed by atoms with van der Waals surface area (Å²) >= 11 is 0. The van der Waals surface area contributed by atoms with Gasteiger partial charge < -0.3 is 19.9 Å². The van der Waals surface area contributed by atoms with Crippen molar-refractivity contribution in [2.45, 2.75) is 6.42 Å². The summed E-state index contributed by atoms with van der Waals surface area (Å²) in [6, 6.07) is 0. The second-order valence-corrected chi connectivity index (χ2v) is 2.74. The van der Waals surface area contributed by atoms with E-state index in [0.717, 1.165) is 0 Å². The van der Waals surface area contributed by atoms with Gasteiger partial charge in [-0.05, 0) is 0 Å². The Morgan fingerprint density at radius 2 is 1.87 bits per heavy atom. The molecule has 2 N–H and O–H groups in total. The molecule has 0 rings (SSSR count). The van der Waals surface area contributed by atoms with E-state index < -0.39 is 0 Å². The second kappa shape index (κ2) is 11.2. The first-order chi connectivity index (χ1) is 7.31. The van der Waals surface area contributed by atoms with E-state index in [2.05, 4.69) is 6.58 Å². The molecule has 0 aromatic carbocycles. The molecule has 0 aromatic rings. The Bertz CT molecular complexity index is 173. The van der Waals surface area contributed by atoms with Crippen LogP contribution >= 0.6 is 0 Å². The van der Waals surface area contributed by atoms with Crippen LogP contribution in [0.25, 0.3) is 0 Å². The van der Waals surface area contributed by atoms with E-state index in [1.807, 2.05) is 0 Å². The average molecular weight is 217 g/mol. The van der Waals surface area contributed by atoms with E-state index in [-0.39, 0.29) is 19.0 Å². The fourth-order valence-corrected chi connectivity index (χ4v) is 0.791. The van der Waals surface area contributed by atoms with E-state index in [0.29, 0.717) is 33.0 Å². The van der Waals surface area contributed by atoms with Crippen LogP contribution in [-0.2, 0) is 19.0 Å². The molecule has 0 saturated carbocycles. The molecule has 0 fully saturated rings. The smallest absolute Gasteiger partial charge is 0.307 e. The van der Waals surface area contributed by atoms with E-state index in [9.17, 15) is 4.79 Å². The molecule has 5 heteroatoms. The third-order valence-corrected chi connectivity index (χ3v) is 1.45. The maximum Gasteiger partial charge on any atom is 0.307 e. The van der Waals surface area contributed by atoms with Gasteiger partial charge in [-0.3, -0.25) is 4.79 Å². The zero-order valence-electron chi connectivity index (χ0n) is 8.94. The molecule has 0 aliphatic heterocycles. The highest BCUT2D eigenvalue weighted by Gasteiger charge is 1.99. The van der Waals surface area contributed by atoms with Crippen molar-refractivity contribution < 1.29 is 19.0 Å². The van der Waals surface area contributed by atoms with E-state index >= 15 is 0 Å². The number of rotatable bonds is 10. The van der Waals surface area contributed by atoms with Crippen LogP contribution in [0.1, 0.15) is 6.42 Å².